The molecular weight excluding hydrogens is 272 g/mol. The molecule has 2 aromatic rings. The van der Waals surface area contributed by atoms with Crippen LogP contribution < -0.4 is 10.2 Å². The van der Waals surface area contributed by atoms with Crippen molar-refractivity contribution in [1.29, 1.82) is 0 Å². The first-order chi connectivity index (χ1) is 9.70. The summed E-state index contributed by atoms with van der Waals surface area (Å²) in [5.41, 5.74) is 2.18. The van der Waals surface area contributed by atoms with Crippen LogP contribution in [0, 0.1) is 0 Å². The van der Waals surface area contributed by atoms with Crippen LogP contribution in [0.4, 0.5) is 5.95 Å². The van der Waals surface area contributed by atoms with Gasteiger partial charge in [0, 0.05) is 26.2 Å². The number of hydrogen-bond donors (Lipinski definition) is 1. The molecule has 0 fully saturated rings. The lowest BCUT2D eigenvalue weighted by molar-refractivity contribution is 0.179. The quantitative estimate of drug-likeness (QED) is 0.873. The Labute approximate surface area is 123 Å². The fourth-order valence-electron chi connectivity index (χ4n) is 2.56. The summed E-state index contributed by atoms with van der Waals surface area (Å²) < 4.78 is 7.34. The van der Waals surface area contributed by atoms with E-state index >= 15 is 0 Å². The molecule has 0 spiro atoms. The number of benzene rings is 1. The van der Waals surface area contributed by atoms with Crippen LogP contribution in [0.5, 0.6) is 0 Å². The highest BCUT2D eigenvalue weighted by Crippen LogP contribution is 2.27. The van der Waals surface area contributed by atoms with Gasteiger partial charge >= 0.3 is 0 Å². The molecule has 0 amide bonds. The number of nitrogens with one attached hydrogen (secondary N) is 1. The van der Waals surface area contributed by atoms with Gasteiger partial charge < -0.3 is 14.6 Å². The molecule has 1 N–H and O–H groups in total. The van der Waals surface area contributed by atoms with Gasteiger partial charge in [-0.15, -0.1) is 0 Å². The largest absolute Gasteiger partial charge is 0.383 e. The molecular formula is C14H18N4OS. The highest BCUT2D eigenvalue weighted by Gasteiger charge is 2.26. The zero-order chi connectivity index (χ0) is 14.1. The molecule has 0 bridgehead atoms. The second-order valence-electron chi connectivity index (χ2n) is 5.01. The molecule has 0 radical (unpaired) electrons. The number of rotatable bonds is 3. The van der Waals surface area contributed by atoms with Gasteiger partial charge in [-0.25, -0.2) is 4.98 Å². The van der Waals surface area contributed by atoms with Crippen LogP contribution in [-0.2, 0) is 11.3 Å². The number of para-hydroxylation sites is 2. The predicted molar refractivity (Wildman–Crippen MR) is 84.2 cm³/mol. The zero-order valence-corrected chi connectivity index (χ0v) is 12.5. The van der Waals surface area contributed by atoms with E-state index in [-0.39, 0.29) is 6.04 Å². The molecule has 1 aromatic carbocycles. The van der Waals surface area contributed by atoms with Gasteiger partial charge in [0.25, 0.3) is 0 Å². The number of anilines is 1. The first-order valence-electron chi connectivity index (χ1n) is 6.73. The Balaban J connectivity index is 1.83. The molecule has 0 aliphatic carbocycles. The van der Waals surface area contributed by atoms with Gasteiger partial charge in [0.15, 0.2) is 5.11 Å². The number of thiocarbonyl (C=S) groups is 1. The minimum atomic E-state index is 0.186. The van der Waals surface area contributed by atoms with Crippen LogP contribution in [0.2, 0.25) is 0 Å². The van der Waals surface area contributed by atoms with Crippen molar-refractivity contribution < 1.29 is 4.74 Å². The van der Waals surface area contributed by atoms with Gasteiger partial charge in [-0.2, -0.15) is 0 Å². The maximum Gasteiger partial charge on any atom is 0.213 e. The molecule has 5 nitrogen and oxygen atoms in total. The molecule has 3 rings (SSSR count). The second-order valence-corrected chi connectivity index (χ2v) is 5.40. The lowest BCUT2D eigenvalue weighted by Crippen LogP contribution is -2.44. The molecule has 2 heterocycles. The van der Waals surface area contributed by atoms with Crippen LogP contribution in [0.3, 0.4) is 0 Å². The normalized spacial score (nSPS) is 15.4. The average molecular weight is 290 g/mol. The van der Waals surface area contributed by atoms with E-state index in [0.717, 1.165) is 30.1 Å². The fourth-order valence-corrected chi connectivity index (χ4v) is 2.94. The van der Waals surface area contributed by atoms with E-state index in [9.17, 15) is 0 Å². The Morgan fingerprint density at radius 3 is 3.05 bits per heavy atom. The molecule has 0 saturated heterocycles. The number of aromatic nitrogens is 2. The monoisotopic (exact) mass is 290 g/mol. The fraction of sp³-hybridized carbons (Fsp3) is 0.429. The first kappa shape index (κ1) is 13.3. The average Bonchev–Trinajstić information content (AvgIpc) is 2.97. The van der Waals surface area contributed by atoms with E-state index in [1.807, 2.05) is 18.2 Å². The van der Waals surface area contributed by atoms with Gasteiger partial charge in [-0.3, -0.25) is 4.90 Å². The summed E-state index contributed by atoms with van der Waals surface area (Å²) in [6.07, 6.45) is 0. The molecule has 1 atom stereocenters. The van der Waals surface area contributed by atoms with Crippen molar-refractivity contribution in [2.24, 2.45) is 0 Å². The first-order valence-corrected chi connectivity index (χ1v) is 7.14. The molecule has 0 saturated carbocycles. The number of ether oxygens (including phenoxy) is 1. The standard InChI is InChI=1S/C14H18N4OS/c1-10(9-19-2)15-14(20)18-8-7-17-12-6-4-3-5-11(12)16-13(17)18/h3-6,10H,7-9H2,1-2H3,(H,15,20). The van der Waals surface area contributed by atoms with Crippen LogP contribution in [0.1, 0.15) is 6.92 Å². The maximum atomic E-state index is 5.49. The lowest BCUT2D eigenvalue weighted by atomic mass is 10.3. The van der Waals surface area contributed by atoms with Crippen LogP contribution in [0.25, 0.3) is 11.0 Å². The molecule has 1 aromatic heterocycles. The SMILES string of the molecule is COCC(C)NC(=S)N1CCn2c1nc1ccccc12. The van der Waals surface area contributed by atoms with Gasteiger partial charge in [0.2, 0.25) is 5.95 Å². The van der Waals surface area contributed by atoms with Crippen molar-refractivity contribution in [3.63, 3.8) is 0 Å². The number of imidazole rings is 1. The highest BCUT2D eigenvalue weighted by atomic mass is 32.1. The summed E-state index contributed by atoms with van der Waals surface area (Å²) in [7, 11) is 1.69. The van der Waals surface area contributed by atoms with Crippen LogP contribution in [-0.4, -0.2) is 41.0 Å². The van der Waals surface area contributed by atoms with Crippen LogP contribution in [0.15, 0.2) is 24.3 Å². The Morgan fingerprint density at radius 2 is 2.25 bits per heavy atom. The van der Waals surface area contributed by atoms with Gasteiger partial charge in [-0.05, 0) is 31.3 Å². The number of nitrogens with zero attached hydrogens (tertiary/aromatic N) is 3. The van der Waals surface area contributed by atoms with Crippen molar-refractivity contribution in [2.45, 2.75) is 19.5 Å². The third-order valence-corrected chi connectivity index (χ3v) is 3.79. The van der Waals surface area contributed by atoms with Gasteiger partial charge in [-0.1, -0.05) is 12.1 Å². The molecule has 1 unspecified atom stereocenters. The summed E-state index contributed by atoms with van der Waals surface area (Å²) in [6, 6.07) is 8.36. The van der Waals surface area contributed by atoms with Crippen LogP contribution >= 0.6 is 12.2 Å². The minimum Gasteiger partial charge on any atom is -0.383 e. The smallest absolute Gasteiger partial charge is 0.213 e. The molecule has 20 heavy (non-hydrogen) atoms. The number of fused-ring (bicyclic) bond motifs is 3. The highest BCUT2D eigenvalue weighted by molar-refractivity contribution is 7.80. The van der Waals surface area contributed by atoms with Crippen molar-refractivity contribution in [1.82, 2.24) is 14.9 Å². The van der Waals surface area contributed by atoms with Crippen molar-refractivity contribution in [3.05, 3.63) is 24.3 Å². The topological polar surface area (TPSA) is 42.3 Å². The number of hydrogen-bond acceptors (Lipinski definition) is 3. The zero-order valence-electron chi connectivity index (χ0n) is 11.7. The molecule has 1 aliphatic heterocycles. The van der Waals surface area contributed by atoms with E-state index < -0.39 is 0 Å². The third-order valence-electron chi connectivity index (χ3n) is 3.45. The Hall–Kier alpha value is -1.66. The Bertz CT molecular complexity index is 639. The third kappa shape index (κ3) is 2.25. The van der Waals surface area contributed by atoms with E-state index in [1.165, 1.54) is 0 Å². The summed E-state index contributed by atoms with van der Waals surface area (Å²) in [6.45, 7) is 4.45. The van der Waals surface area contributed by atoms with E-state index in [4.69, 9.17) is 17.0 Å². The van der Waals surface area contributed by atoms with Gasteiger partial charge in [0.1, 0.15) is 0 Å². The predicted octanol–water partition coefficient (Wildman–Crippen LogP) is 1.77. The molecule has 106 valence electrons. The van der Waals surface area contributed by atoms with E-state index in [2.05, 4.69) is 32.8 Å². The molecule has 6 heteroatoms. The van der Waals surface area contributed by atoms with Crippen molar-refractivity contribution in [2.75, 3.05) is 25.2 Å². The Morgan fingerprint density at radius 1 is 1.45 bits per heavy atom. The molecule has 1 aliphatic rings. The Kier molecular flexibility index (Phi) is 3.58. The van der Waals surface area contributed by atoms with E-state index in [0.29, 0.717) is 11.7 Å². The second kappa shape index (κ2) is 5.38. The van der Waals surface area contributed by atoms with Crippen molar-refractivity contribution in [3.8, 4) is 0 Å². The summed E-state index contributed by atoms with van der Waals surface area (Å²) >= 11 is 5.49. The number of methoxy groups -OCH3 is 1. The van der Waals surface area contributed by atoms with Crippen molar-refractivity contribution >= 4 is 34.3 Å². The maximum absolute atomic E-state index is 5.49. The summed E-state index contributed by atoms with van der Waals surface area (Å²) in [5, 5.41) is 4.00. The van der Waals surface area contributed by atoms with E-state index in [1.54, 1.807) is 7.11 Å². The lowest BCUT2D eigenvalue weighted by Gasteiger charge is -2.21. The summed E-state index contributed by atoms with van der Waals surface area (Å²) in [4.78, 5) is 6.74. The van der Waals surface area contributed by atoms with Gasteiger partial charge in [0.05, 0.1) is 17.6 Å². The summed E-state index contributed by atoms with van der Waals surface area (Å²) in [5.74, 6) is 0.924. The minimum absolute atomic E-state index is 0.186.